The molecule has 1 aliphatic heterocycles. The largest absolute Gasteiger partial charge is 0.383 e. The highest BCUT2D eigenvalue weighted by atomic mass is 32.2. The SMILES string of the molecule is COCCn1c(CN2CCC[C@@H](c3ccccc3)C2)cnc1S(=O)(=O)CC1CC1. The fraction of sp³-hybridized carbons (Fsp3) is 0.591. The number of nitrogens with zero attached hydrogens (tertiary/aromatic N) is 3. The first kappa shape index (κ1) is 20.6. The van der Waals surface area contributed by atoms with E-state index in [9.17, 15) is 8.42 Å². The first-order valence-corrected chi connectivity index (χ1v) is 12.3. The van der Waals surface area contributed by atoms with Gasteiger partial charge in [0.25, 0.3) is 0 Å². The lowest BCUT2D eigenvalue weighted by Gasteiger charge is -2.33. The van der Waals surface area contributed by atoms with E-state index in [1.807, 2.05) is 4.57 Å². The number of ether oxygens (including phenoxy) is 1. The summed E-state index contributed by atoms with van der Waals surface area (Å²) in [6.45, 7) is 3.73. The van der Waals surface area contributed by atoms with Gasteiger partial charge in [0.2, 0.25) is 15.0 Å². The molecular formula is C22H31N3O3S. The minimum atomic E-state index is -3.35. The van der Waals surface area contributed by atoms with E-state index in [1.165, 1.54) is 12.0 Å². The number of imidazole rings is 1. The van der Waals surface area contributed by atoms with Gasteiger partial charge in [0.1, 0.15) is 0 Å². The van der Waals surface area contributed by atoms with Gasteiger partial charge in [-0.3, -0.25) is 4.90 Å². The summed E-state index contributed by atoms with van der Waals surface area (Å²) >= 11 is 0. The molecule has 1 saturated heterocycles. The van der Waals surface area contributed by atoms with Gasteiger partial charge in [0, 0.05) is 26.7 Å². The van der Waals surface area contributed by atoms with Gasteiger partial charge in [-0.25, -0.2) is 13.4 Å². The molecule has 1 aromatic heterocycles. The van der Waals surface area contributed by atoms with Crippen LogP contribution < -0.4 is 0 Å². The number of hydrogen-bond donors (Lipinski definition) is 0. The van der Waals surface area contributed by atoms with Gasteiger partial charge in [0.05, 0.1) is 24.3 Å². The zero-order chi connectivity index (χ0) is 20.3. The summed E-state index contributed by atoms with van der Waals surface area (Å²) in [7, 11) is -1.71. The zero-order valence-corrected chi connectivity index (χ0v) is 18.0. The molecule has 1 atom stereocenters. The molecule has 0 unspecified atom stereocenters. The van der Waals surface area contributed by atoms with E-state index < -0.39 is 9.84 Å². The van der Waals surface area contributed by atoms with Crippen LogP contribution in [0.4, 0.5) is 0 Å². The molecule has 1 aliphatic carbocycles. The van der Waals surface area contributed by atoms with Gasteiger partial charge >= 0.3 is 0 Å². The van der Waals surface area contributed by atoms with Crippen molar-refractivity contribution < 1.29 is 13.2 Å². The average molecular weight is 418 g/mol. The highest BCUT2D eigenvalue weighted by Gasteiger charge is 2.32. The maximum Gasteiger partial charge on any atom is 0.227 e. The Morgan fingerprint density at radius 3 is 2.69 bits per heavy atom. The molecule has 29 heavy (non-hydrogen) atoms. The molecule has 0 radical (unpaired) electrons. The standard InChI is InChI=1S/C22H31N3O3S/c1-28-13-12-25-21(14-23-22(25)29(26,27)17-18-9-10-18)16-24-11-5-8-20(15-24)19-6-3-2-4-7-19/h2-4,6-7,14,18,20H,5,8-13,15-17H2,1H3/t20-/m1/s1. The van der Waals surface area contributed by atoms with Crippen LogP contribution in [-0.2, 0) is 27.7 Å². The molecular weight excluding hydrogens is 386 g/mol. The van der Waals surface area contributed by atoms with E-state index in [-0.39, 0.29) is 10.9 Å². The van der Waals surface area contributed by atoms with Gasteiger partial charge in [-0.05, 0) is 49.6 Å². The van der Waals surface area contributed by atoms with Gasteiger partial charge < -0.3 is 9.30 Å². The molecule has 4 rings (SSSR count). The highest BCUT2D eigenvalue weighted by Crippen LogP contribution is 2.32. The van der Waals surface area contributed by atoms with Crippen molar-refractivity contribution in [2.45, 2.75) is 49.8 Å². The van der Waals surface area contributed by atoms with Crippen molar-refractivity contribution in [1.29, 1.82) is 0 Å². The van der Waals surface area contributed by atoms with Crippen LogP contribution in [-0.4, -0.2) is 55.4 Å². The monoisotopic (exact) mass is 417 g/mol. The first-order valence-electron chi connectivity index (χ1n) is 10.6. The summed E-state index contributed by atoms with van der Waals surface area (Å²) in [5.74, 6) is 1.05. The number of benzene rings is 1. The highest BCUT2D eigenvalue weighted by molar-refractivity contribution is 7.91. The van der Waals surface area contributed by atoms with Gasteiger partial charge in [0.15, 0.2) is 0 Å². The molecule has 0 N–H and O–H groups in total. The van der Waals surface area contributed by atoms with Gasteiger partial charge in [-0.15, -0.1) is 0 Å². The Morgan fingerprint density at radius 1 is 1.17 bits per heavy atom. The summed E-state index contributed by atoms with van der Waals surface area (Å²) in [6, 6.07) is 10.7. The lowest BCUT2D eigenvalue weighted by Crippen LogP contribution is -2.34. The van der Waals surface area contributed by atoms with E-state index in [4.69, 9.17) is 4.74 Å². The van der Waals surface area contributed by atoms with Crippen molar-refractivity contribution in [2.75, 3.05) is 32.6 Å². The van der Waals surface area contributed by atoms with Crippen molar-refractivity contribution in [3.05, 3.63) is 47.8 Å². The molecule has 0 amide bonds. The first-order chi connectivity index (χ1) is 14.1. The molecule has 6 nitrogen and oxygen atoms in total. The van der Waals surface area contributed by atoms with Gasteiger partial charge in [-0.2, -0.15) is 0 Å². The Morgan fingerprint density at radius 2 is 1.97 bits per heavy atom. The maximum absolute atomic E-state index is 12.9. The topological polar surface area (TPSA) is 64.4 Å². The third kappa shape index (κ3) is 5.08. The van der Waals surface area contributed by atoms with E-state index in [0.717, 1.165) is 44.6 Å². The Labute approximate surface area is 173 Å². The summed E-state index contributed by atoms with van der Waals surface area (Å²) in [5.41, 5.74) is 2.35. The van der Waals surface area contributed by atoms with Crippen molar-refractivity contribution in [2.24, 2.45) is 5.92 Å². The van der Waals surface area contributed by atoms with Crippen molar-refractivity contribution >= 4 is 9.84 Å². The third-order valence-corrected chi connectivity index (χ3v) is 7.81. The van der Waals surface area contributed by atoms with Crippen LogP contribution in [0.25, 0.3) is 0 Å². The minimum Gasteiger partial charge on any atom is -0.383 e. The molecule has 1 aromatic carbocycles. The van der Waals surface area contributed by atoms with Crippen molar-refractivity contribution in [3.8, 4) is 0 Å². The van der Waals surface area contributed by atoms with E-state index in [2.05, 4.69) is 40.2 Å². The molecule has 2 fully saturated rings. The van der Waals surface area contributed by atoms with Gasteiger partial charge in [-0.1, -0.05) is 30.3 Å². The number of piperidine rings is 1. The van der Waals surface area contributed by atoms with E-state index in [0.29, 0.717) is 25.0 Å². The number of likely N-dealkylation sites (tertiary alicyclic amines) is 1. The zero-order valence-electron chi connectivity index (χ0n) is 17.2. The molecule has 1 saturated carbocycles. The average Bonchev–Trinajstić information content (AvgIpc) is 3.44. The molecule has 2 aromatic rings. The second-order valence-corrected chi connectivity index (χ2v) is 10.3. The number of sulfone groups is 1. The summed E-state index contributed by atoms with van der Waals surface area (Å²) in [6.07, 6.45) is 6.13. The van der Waals surface area contributed by atoms with Crippen LogP contribution in [0.15, 0.2) is 41.7 Å². The molecule has 158 valence electrons. The number of rotatable bonds is 9. The van der Waals surface area contributed by atoms with Crippen LogP contribution >= 0.6 is 0 Å². The Balaban J connectivity index is 1.51. The second kappa shape index (κ2) is 8.98. The number of hydrogen-bond acceptors (Lipinski definition) is 5. The molecule has 2 heterocycles. The summed E-state index contributed by atoms with van der Waals surface area (Å²) in [4.78, 5) is 6.79. The van der Waals surface area contributed by atoms with Crippen molar-refractivity contribution in [1.82, 2.24) is 14.5 Å². The molecule has 0 bridgehead atoms. The lowest BCUT2D eigenvalue weighted by atomic mass is 9.90. The van der Waals surface area contributed by atoms with Crippen LogP contribution in [0.1, 0.15) is 42.9 Å². The van der Waals surface area contributed by atoms with Crippen molar-refractivity contribution in [3.63, 3.8) is 0 Å². The second-order valence-electron chi connectivity index (χ2n) is 8.39. The fourth-order valence-corrected chi connectivity index (χ4v) is 6.14. The van der Waals surface area contributed by atoms with Crippen LogP contribution in [0.2, 0.25) is 0 Å². The predicted molar refractivity (Wildman–Crippen MR) is 113 cm³/mol. The van der Waals surface area contributed by atoms with Crippen LogP contribution in [0.3, 0.4) is 0 Å². The lowest BCUT2D eigenvalue weighted by molar-refractivity contribution is 0.175. The van der Waals surface area contributed by atoms with E-state index >= 15 is 0 Å². The van der Waals surface area contributed by atoms with Crippen LogP contribution in [0.5, 0.6) is 0 Å². The summed E-state index contributed by atoms with van der Waals surface area (Å²) < 4.78 is 32.9. The number of aromatic nitrogens is 2. The minimum absolute atomic E-state index is 0.216. The Hall–Kier alpha value is -1.70. The summed E-state index contributed by atoms with van der Waals surface area (Å²) in [5, 5.41) is 0.216. The molecule has 7 heteroatoms. The Bertz CT molecular complexity index is 907. The number of methoxy groups -OCH3 is 1. The molecule has 2 aliphatic rings. The predicted octanol–water partition coefficient (Wildman–Crippen LogP) is 3.09. The van der Waals surface area contributed by atoms with E-state index in [1.54, 1.807) is 13.3 Å². The smallest absolute Gasteiger partial charge is 0.227 e. The third-order valence-electron chi connectivity index (χ3n) is 6.01. The maximum atomic E-state index is 12.9. The fourth-order valence-electron chi connectivity index (χ4n) is 4.28. The van der Waals surface area contributed by atoms with Crippen LogP contribution in [0, 0.1) is 5.92 Å². The normalized spacial score (nSPS) is 20.8. The quantitative estimate of drug-likeness (QED) is 0.627. The molecule has 0 spiro atoms. The Kier molecular flexibility index (Phi) is 6.37.